The number of benzene rings is 2. The van der Waals surface area contributed by atoms with Gasteiger partial charge >= 0.3 is 0 Å². The van der Waals surface area contributed by atoms with Crippen molar-refractivity contribution in [1.29, 1.82) is 0 Å². The predicted octanol–water partition coefficient (Wildman–Crippen LogP) is 3.10. The largest absolute Gasteiger partial charge is 0.324 e. The highest BCUT2D eigenvalue weighted by Gasteiger charge is 2.11. The number of nitrogens with two attached hydrogens (primary N) is 1. The van der Waals surface area contributed by atoms with E-state index in [1.165, 1.54) is 6.26 Å². The van der Waals surface area contributed by atoms with Crippen molar-refractivity contribution in [3.05, 3.63) is 64.1 Å². The third-order valence-electron chi connectivity index (χ3n) is 3.13. The van der Waals surface area contributed by atoms with Crippen molar-refractivity contribution in [2.75, 3.05) is 6.26 Å². The van der Waals surface area contributed by atoms with Crippen LogP contribution < -0.4 is 5.73 Å². The van der Waals surface area contributed by atoms with Gasteiger partial charge in [-0.05, 0) is 35.7 Å². The zero-order chi connectivity index (χ0) is 14.8. The van der Waals surface area contributed by atoms with Crippen LogP contribution in [-0.4, -0.2) is 14.7 Å². The minimum absolute atomic E-state index is 0.165. The van der Waals surface area contributed by atoms with Crippen molar-refractivity contribution < 1.29 is 8.42 Å². The van der Waals surface area contributed by atoms with E-state index in [1.807, 2.05) is 24.3 Å². The van der Waals surface area contributed by atoms with Gasteiger partial charge in [0.05, 0.1) is 4.90 Å². The van der Waals surface area contributed by atoms with Gasteiger partial charge in [-0.3, -0.25) is 0 Å². The first-order valence-electron chi connectivity index (χ1n) is 6.17. The molecule has 3 nitrogen and oxygen atoms in total. The summed E-state index contributed by atoms with van der Waals surface area (Å²) in [5.41, 5.74) is 8.24. The molecule has 20 heavy (non-hydrogen) atoms. The molecule has 2 N–H and O–H groups in total. The molecule has 0 radical (unpaired) electrons. The third kappa shape index (κ3) is 3.69. The van der Waals surface area contributed by atoms with E-state index in [-0.39, 0.29) is 6.04 Å². The Labute approximate surface area is 127 Å². The number of hydrogen-bond donors (Lipinski definition) is 1. The van der Waals surface area contributed by atoms with Crippen molar-refractivity contribution >= 4 is 25.8 Å². The van der Waals surface area contributed by atoms with E-state index in [2.05, 4.69) is 15.9 Å². The Morgan fingerprint density at radius 3 is 2.25 bits per heavy atom. The lowest BCUT2D eigenvalue weighted by Crippen LogP contribution is -2.13. The molecule has 0 bridgehead atoms. The average molecular weight is 354 g/mol. The van der Waals surface area contributed by atoms with E-state index in [0.717, 1.165) is 15.6 Å². The topological polar surface area (TPSA) is 60.2 Å². The van der Waals surface area contributed by atoms with Crippen LogP contribution in [0.4, 0.5) is 0 Å². The first-order valence-corrected chi connectivity index (χ1v) is 8.85. The van der Waals surface area contributed by atoms with Crippen LogP contribution >= 0.6 is 15.9 Å². The normalized spacial score (nSPS) is 13.2. The number of hydrogen-bond acceptors (Lipinski definition) is 3. The van der Waals surface area contributed by atoms with Crippen molar-refractivity contribution in [1.82, 2.24) is 0 Å². The summed E-state index contributed by atoms with van der Waals surface area (Å²) in [6.07, 6.45) is 1.89. The Morgan fingerprint density at radius 1 is 1.10 bits per heavy atom. The lowest BCUT2D eigenvalue weighted by Gasteiger charge is -2.13. The summed E-state index contributed by atoms with van der Waals surface area (Å²) in [5.74, 6) is 0. The van der Waals surface area contributed by atoms with Crippen molar-refractivity contribution in [3.63, 3.8) is 0 Å². The zero-order valence-electron chi connectivity index (χ0n) is 11.1. The van der Waals surface area contributed by atoms with Crippen LogP contribution in [0.15, 0.2) is 57.9 Å². The maximum Gasteiger partial charge on any atom is 0.175 e. The van der Waals surface area contributed by atoms with Gasteiger partial charge in [0.2, 0.25) is 0 Å². The highest BCUT2D eigenvalue weighted by Crippen LogP contribution is 2.23. The Bertz CT molecular complexity index is 696. The minimum Gasteiger partial charge on any atom is -0.324 e. The summed E-state index contributed by atoms with van der Waals surface area (Å²) in [4.78, 5) is 0.314. The second-order valence-corrected chi connectivity index (χ2v) is 7.61. The van der Waals surface area contributed by atoms with Gasteiger partial charge in [-0.2, -0.15) is 0 Å². The van der Waals surface area contributed by atoms with Crippen LogP contribution in [0, 0.1) is 0 Å². The standard InChI is InChI=1S/C15H16BrNO2S/c1-20(18,19)13-8-6-11(7-9-13)15(17)10-12-4-2-3-5-14(12)16/h2-9,15H,10,17H2,1H3. The smallest absolute Gasteiger partial charge is 0.175 e. The van der Waals surface area contributed by atoms with E-state index in [9.17, 15) is 8.42 Å². The maximum atomic E-state index is 11.4. The number of rotatable bonds is 4. The molecule has 0 aromatic heterocycles. The van der Waals surface area contributed by atoms with Gasteiger partial charge < -0.3 is 5.73 Å². The Morgan fingerprint density at radius 2 is 1.70 bits per heavy atom. The molecule has 5 heteroatoms. The molecule has 0 spiro atoms. The fourth-order valence-electron chi connectivity index (χ4n) is 1.98. The van der Waals surface area contributed by atoms with Crippen LogP contribution in [0.3, 0.4) is 0 Å². The van der Waals surface area contributed by atoms with Crippen molar-refractivity contribution in [2.24, 2.45) is 5.73 Å². The van der Waals surface area contributed by atoms with Gasteiger partial charge in [-0.1, -0.05) is 46.3 Å². The highest BCUT2D eigenvalue weighted by atomic mass is 79.9. The van der Waals surface area contributed by atoms with Crippen LogP contribution in [0.1, 0.15) is 17.2 Å². The molecule has 0 fully saturated rings. The third-order valence-corrected chi connectivity index (χ3v) is 5.04. The number of halogens is 1. The lowest BCUT2D eigenvalue weighted by molar-refractivity contribution is 0.601. The van der Waals surface area contributed by atoms with Gasteiger partial charge in [0.25, 0.3) is 0 Å². The number of sulfone groups is 1. The maximum absolute atomic E-state index is 11.4. The fraction of sp³-hybridized carbons (Fsp3) is 0.200. The molecule has 1 atom stereocenters. The summed E-state index contributed by atoms with van der Waals surface area (Å²) in [6, 6.07) is 14.5. The quantitative estimate of drug-likeness (QED) is 0.918. The molecule has 0 saturated heterocycles. The first kappa shape index (κ1) is 15.2. The van der Waals surface area contributed by atoms with Crippen LogP contribution in [-0.2, 0) is 16.3 Å². The van der Waals surface area contributed by atoms with E-state index in [4.69, 9.17) is 5.73 Å². The predicted molar refractivity (Wildman–Crippen MR) is 84.3 cm³/mol. The molecule has 2 aromatic rings. The van der Waals surface area contributed by atoms with E-state index >= 15 is 0 Å². The van der Waals surface area contributed by atoms with E-state index in [0.29, 0.717) is 11.3 Å². The Balaban J connectivity index is 2.18. The summed E-state index contributed by atoms with van der Waals surface area (Å²) in [5, 5.41) is 0. The van der Waals surface area contributed by atoms with Gasteiger partial charge in [-0.25, -0.2) is 8.42 Å². The lowest BCUT2D eigenvalue weighted by atomic mass is 10.00. The fourth-order valence-corrected chi connectivity index (χ4v) is 3.06. The monoisotopic (exact) mass is 353 g/mol. The highest BCUT2D eigenvalue weighted by molar-refractivity contribution is 9.10. The van der Waals surface area contributed by atoms with Gasteiger partial charge in [0, 0.05) is 16.8 Å². The van der Waals surface area contributed by atoms with Gasteiger partial charge in [0.15, 0.2) is 9.84 Å². The molecule has 0 amide bonds. The second kappa shape index (κ2) is 6.08. The molecule has 0 heterocycles. The second-order valence-electron chi connectivity index (χ2n) is 4.74. The molecule has 2 aromatic carbocycles. The molecule has 0 saturated carbocycles. The minimum atomic E-state index is -3.16. The first-order chi connectivity index (χ1) is 9.38. The summed E-state index contributed by atoms with van der Waals surface area (Å²) in [7, 11) is -3.16. The molecular formula is C15H16BrNO2S. The summed E-state index contributed by atoms with van der Waals surface area (Å²) in [6.45, 7) is 0. The molecule has 0 aliphatic heterocycles. The molecule has 1 unspecified atom stereocenters. The molecule has 2 rings (SSSR count). The van der Waals surface area contributed by atoms with E-state index < -0.39 is 9.84 Å². The van der Waals surface area contributed by atoms with Crippen LogP contribution in [0.5, 0.6) is 0 Å². The average Bonchev–Trinajstić information content (AvgIpc) is 2.40. The summed E-state index contributed by atoms with van der Waals surface area (Å²) < 4.78 is 23.9. The Hall–Kier alpha value is -1.17. The van der Waals surface area contributed by atoms with Gasteiger partial charge in [0.1, 0.15) is 0 Å². The summed E-state index contributed by atoms with van der Waals surface area (Å²) >= 11 is 3.50. The molecule has 0 aliphatic rings. The van der Waals surface area contributed by atoms with Crippen molar-refractivity contribution in [2.45, 2.75) is 17.4 Å². The SMILES string of the molecule is CS(=O)(=O)c1ccc(C(N)Cc2ccccc2Br)cc1. The van der Waals surface area contributed by atoms with Crippen LogP contribution in [0.25, 0.3) is 0 Å². The van der Waals surface area contributed by atoms with Crippen molar-refractivity contribution in [3.8, 4) is 0 Å². The zero-order valence-corrected chi connectivity index (χ0v) is 13.5. The van der Waals surface area contributed by atoms with E-state index in [1.54, 1.807) is 24.3 Å². The van der Waals surface area contributed by atoms with Gasteiger partial charge in [-0.15, -0.1) is 0 Å². The van der Waals surface area contributed by atoms with Crippen LogP contribution in [0.2, 0.25) is 0 Å². The Kier molecular flexibility index (Phi) is 4.62. The molecule has 0 aliphatic carbocycles. The molecule has 106 valence electrons. The molecular weight excluding hydrogens is 338 g/mol.